The molecule has 0 amide bonds. The van der Waals surface area contributed by atoms with E-state index in [2.05, 4.69) is 35.2 Å². The van der Waals surface area contributed by atoms with Gasteiger partial charge in [-0.15, -0.1) is 11.3 Å². The molecule has 0 fully saturated rings. The lowest BCUT2D eigenvalue weighted by molar-refractivity contribution is 0.104. The van der Waals surface area contributed by atoms with Crippen LogP contribution in [-0.2, 0) is 0 Å². The van der Waals surface area contributed by atoms with Gasteiger partial charge in [0.2, 0.25) is 5.78 Å². The van der Waals surface area contributed by atoms with Gasteiger partial charge >= 0.3 is 0 Å². The van der Waals surface area contributed by atoms with Gasteiger partial charge in [-0.05, 0) is 38.6 Å². The summed E-state index contributed by atoms with van der Waals surface area (Å²) < 4.78 is 1.73. The highest BCUT2D eigenvalue weighted by Crippen LogP contribution is 2.37. The predicted octanol–water partition coefficient (Wildman–Crippen LogP) is 4.46. The van der Waals surface area contributed by atoms with Crippen LogP contribution in [0.1, 0.15) is 53.2 Å². The number of rotatable bonds is 11. The number of ketones is 1. The van der Waals surface area contributed by atoms with Crippen molar-refractivity contribution >= 4 is 27.8 Å². The van der Waals surface area contributed by atoms with Crippen molar-refractivity contribution in [3.63, 3.8) is 0 Å². The van der Waals surface area contributed by atoms with Crippen LogP contribution in [-0.4, -0.2) is 46.6 Å². The number of nitriles is 1. The third-order valence-corrected chi connectivity index (χ3v) is 6.67. The molecule has 32 heavy (non-hydrogen) atoms. The second kappa shape index (κ2) is 10.9. The Balaban J connectivity index is 1.79. The fourth-order valence-corrected chi connectivity index (χ4v) is 4.62. The molecule has 3 N–H and O–H groups in total. The lowest BCUT2D eigenvalue weighted by atomic mass is 10.1. The molecule has 0 aliphatic rings. The van der Waals surface area contributed by atoms with Gasteiger partial charge in [-0.3, -0.25) is 4.79 Å². The first-order valence-electron chi connectivity index (χ1n) is 10.9. The monoisotopic (exact) mass is 450 g/mol. The maximum absolute atomic E-state index is 13.3. The minimum atomic E-state index is -0.213. The number of anilines is 2. The highest BCUT2D eigenvalue weighted by atomic mass is 32.1. The molecule has 0 radical (unpaired) electrons. The van der Waals surface area contributed by atoms with Gasteiger partial charge in [-0.1, -0.05) is 38.5 Å². The van der Waals surface area contributed by atoms with Gasteiger partial charge in [-0.2, -0.15) is 10.4 Å². The van der Waals surface area contributed by atoms with E-state index in [4.69, 9.17) is 5.73 Å². The molecule has 168 valence electrons. The second-order valence-corrected chi connectivity index (χ2v) is 8.62. The minimum Gasteiger partial charge on any atom is -0.396 e. The fraction of sp³-hybridized carbons (Fsp3) is 0.375. The van der Waals surface area contributed by atoms with Crippen LogP contribution in [0, 0.1) is 18.3 Å². The van der Waals surface area contributed by atoms with Crippen LogP contribution in [0.25, 0.3) is 5.69 Å². The summed E-state index contributed by atoms with van der Waals surface area (Å²) in [4.78, 5) is 16.0. The average molecular weight is 451 g/mol. The number of carbonyl (C=O) groups excluding carboxylic acids is 1. The number of unbranched alkanes of at least 4 members (excludes halogenated alkanes) is 1. The Kier molecular flexibility index (Phi) is 8.03. The first kappa shape index (κ1) is 23.5. The van der Waals surface area contributed by atoms with Crippen LogP contribution < -0.4 is 11.1 Å². The van der Waals surface area contributed by atoms with Crippen molar-refractivity contribution in [3.8, 4) is 11.8 Å². The van der Waals surface area contributed by atoms with E-state index < -0.39 is 0 Å². The summed E-state index contributed by atoms with van der Waals surface area (Å²) in [7, 11) is 0. The molecule has 7 nitrogen and oxygen atoms in total. The summed E-state index contributed by atoms with van der Waals surface area (Å²) in [6, 6.07) is 11.8. The van der Waals surface area contributed by atoms with E-state index >= 15 is 0 Å². The first-order chi connectivity index (χ1) is 15.5. The van der Waals surface area contributed by atoms with Crippen molar-refractivity contribution in [3.05, 3.63) is 58.2 Å². The summed E-state index contributed by atoms with van der Waals surface area (Å²) >= 11 is 1.24. The summed E-state index contributed by atoms with van der Waals surface area (Å²) in [5.74, 6) is -0.213. The fourth-order valence-electron chi connectivity index (χ4n) is 3.57. The zero-order chi connectivity index (χ0) is 23.1. The third kappa shape index (κ3) is 5.01. The van der Waals surface area contributed by atoms with Crippen LogP contribution in [0.3, 0.4) is 0 Å². The maximum atomic E-state index is 13.3. The van der Waals surface area contributed by atoms with Crippen LogP contribution in [0.4, 0.5) is 10.7 Å². The minimum absolute atomic E-state index is 0.213. The van der Waals surface area contributed by atoms with E-state index in [1.807, 2.05) is 37.3 Å². The van der Waals surface area contributed by atoms with Crippen molar-refractivity contribution in [1.29, 1.82) is 5.26 Å². The van der Waals surface area contributed by atoms with Crippen LogP contribution in [0.2, 0.25) is 0 Å². The Morgan fingerprint density at radius 2 is 2.03 bits per heavy atom. The number of carbonyl (C=O) groups is 1. The lowest BCUT2D eigenvalue weighted by Crippen LogP contribution is -2.29. The molecule has 0 spiro atoms. The zero-order valence-electron chi connectivity index (χ0n) is 18.9. The normalized spacial score (nSPS) is 11.0. The Morgan fingerprint density at radius 1 is 1.28 bits per heavy atom. The molecule has 0 saturated heterocycles. The second-order valence-electron chi connectivity index (χ2n) is 7.60. The summed E-state index contributed by atoms with van der Waals surface area (Å²) in [5.41, 5.74) is 8.90. The molecule has 3 rings (SSSR count). The van der Waals surface area contributed by atoms with E-state index in [9.17, 15) is 10.1 Å². The highest BCUT2D eigenvalue weighted by molar-refractivity contribution is 7.19. The number of nitrogens with zero attached hydrogens (tertiary/aromatic N) is 4. The summed E-state index contributed by atoms with van der Waals surface area (Å²) in [6.07, 6.45) is 3.89. The Morgan fingerprint density at radius 3 is 2.69 bits per heavy atom. The molecular weight excluding hydrogens is 420 g/mol. The molecule has 2 heterocycles. The Labute approximate surface area is 193 Å². The van der Waals surface area contributed by atoms with Crippen molar-refractivity contribution in [1.82, 2.24) is 14.7 Å². The number of likely N-dealkylation sites (N-methyl/N-ethyl adjacent to an activating group) is 1. The van der Waals surface area contributed by atoms with E-state index in [0.717, 1.165) is 43.9 Å². The maximum Gasteiger partial charge on any atom is 0.208 e. The van der Waals surface area contributed by atoms with Crippen molar-refractivity contribution in [2.24, 2.45) is 0 Å². The van der Waals surface area contributed by atoms with E-state index in [1.165, 1.54) is 11.3 Å². The van der Waals surface area contributed by atoms with Gasteiger partial charge < -0.3 is 16.0 Å². The van der Waals surface area contributed by atoms with Gasteiger partial charge in [0, 0.05) is 13.1 Å². The van der Waals surface area contributed by atoms with Crippen molar-refractivity contribution in [2.45, 2.75) is 33.6 Å². The smallest absolute Gasteiger partial charge is 0.208 e. The van der Waals surface area contributed by atoms with Gasteiger partial charge in [0.15, 0.2) is 0 Å². The number of hydrogen-bond acceptors (Lipinski definition) is 7. The van der Waals surface area contributed by atoms with Gasteiger partial charge in [0.05, 0.1) is 28.8 Å². The van der Waals surface area contributed by atoms with Crippen molar-refractivity contribution in [2.75, 3.05) is 37.2 Å². The molecule has 8 heteroatoms. The van der Waals surface area contributed by atoms with Crippen molar-refractivity contribution < 1.29 is 4.79 Å². The number of hydrogen-bond donors (Lipinski definition) is 2. The highest BCUT2D eigenvalue weighted by Gasteiger charge is 2.25. The standard InChI is InChI=1S/C24H30N6OS/c1-4-6-13-29(5-2)14-12-27-24-19(15-25)21(26)23(32-24)22(31)20-16-28-30(17(20)3)18-10-8-7-9-11-18/h7-11,16,27H,4-6,12-14,26H2,1-3H3. The topological polar surface area (TPSA) is 100.0 Å². The van der Waals surface area contributed by atoms with E-state index in [-0.39, 0.29) is 11.5 Å². The molecule has 0 bridgehead atoms. The number of benzene rings is 1. The number of aromatic nitrogens is 2. The zero-order valence-corrected chi connectivity index (χ0v) is 19.7. The van der Waals surface area contributed by atoms with E-state index in [0.29, 0.717) is 27.5 Å². The van der Waals surface area contributed by atoms with Gasteiger partial charge in [0.1, 0.15) is 21.5 Å². The van der Waals surface area contributed by atoms with Crippen LogP contribution in [0.15, 0.2) is 36.5 Å². The molecule has 0 atom stereocenters. The van der Waals surface area contributed by atoms with Gasteiger partial charge in [-0.25, -0.2) is 4.68 Å². The molecular formula is C24H30N6OS. The first-order valence-corrected chi connectivity index (χ1v) is 11.8. The third-order valence-electron chi connectivity index (χ3n) is 5.51. The number of nitrogen functional groups attached to an aromatic ring is 1. The molecule has 3 aromatic rings. The number of nitrogens with one attached hydrogen (secondary N) is 1. The SMILES string of the molecule is CCCCN(CC)CCNc1sc(C(=O)c2cnn(-c3ccccc3)c2C)c(N)c1C#N. The van der Waals surface area contributed by atoms with Crippen LogP contribution >= 0.6 is 11.3 Å². The van der Waals surface area contributed by atoms with Crippen LogP contribution in [0.5, 0.6) is 0 Å². The molecule has 2 aromatic heterocycles. The number of nitrogens with two attached hydrogens (primary N) is 1. The Hall–Kier alpha value is -3.15. The molecule has 0 aliphatic heterocycles. The molecule has 0 saturated carbocycles. The molecule has 0 unspecified atom stereocenters. The number of thiophene rings is 1. The quantitative estimate of drug-likeness (QED) is 0.418. The predicted molar refractivity (Wildman–Crippen MR) is 131 cm³/mol. The van der Waals surface area contributed by atoms with E-state index in [1.54, 1.807) is 10.9 Å². The summed E-state index contributed by atoms with van der Waals surface area (Å²) in [6.45, 7) is 9.78. The molecule has 0 aliphatic carbocycles. The lowest BCUT2D eigenvalue weighted by Gasteiger charge is -2.20. The Bertz CT molecular complexity index is 1100. The molecule has 1 aromatic carbocycles. The average Bonchev–Trinajstić information content (AvgIpc) is 3.35. The van der Waals surface area contributed by atoms with Gasteiger partial charge in [0.25, 0.3) is 0 Å². The largest absolute Gasteiger partial charge is 0.396 e. The summed E-state index contributed by atoms with van der Waals surface area (Å²) in [5, 5.41) is 18.0. The number of para-hydroxylation sites is 1.